The van der Waals surface area contributed by atoms with Crippen LogP contribution < -0.4 is 9.80 Å². The highest BCUT2D eigenvalue weighted by atomic mass is 16.6. The Morgan fingerprint density at radius 2 is 1.52 bits per heavy atom. The molecule has 164 valence electrons. The summed E-state index contributed by atoms with van der Waals surface area (Å²) < 4.78 is 0. The predicted octanol–water partition coefficient (Wildman–Crippen LogP) is 1.41. The number of non-ortho nitro benzene ring substituents is 1. The Hall–Kier alpha value is -3.27. The van der Waals surface area contributed by atoms with Crippen LogP contribution in [0, 0.1) is 17.0 Å². The van der Waals surface area contributed by atoms with Crippen LogP contribution in [0.4, 0.5) is 17.3 Å². The van der Waals surface area contributed by atoms with E-state index < -0.39 is 4.92 Å². The van der Waals surface area contributed by atoms with Crippen LogP contribution in [0.3, 0.4) is 0 Å². The van der Waals surface area contributed by atoms with Crippen molar-refractivity contribution in [3.63, 3.8) is 0 Å². The van der Waals surface area contributed by atoms with Gasteiger partial charge >= 0.3 is 0 Å². The van der Waals surface area contributed by atoms with E-state index in [1.165, 1.54) is 12.1 Å². The van der Waals surface area contributed by atoms with Crippen molar-refractivity contribution in [2.24, 2.45) is 0 Å². The SMILES string of the molecule is Cc1nc(N2CCN(C)CC2)cc(N2CCN(C(=O)c3cccc([N+](=O)[O-])c3)CC2)n1. The first-order valence-corrected chi connectivity index (χ1v) is 10.5. The summed E-state index contributed by atoms with van der Waals surface area (Å²) in [6.45, 7) is 8.19. The number of piperazine rings is 2. The molecule has 4 rings (SSSR count). The van der Waals surface area contributed by atoms with Crippen molar-refractivity contribution in [3.8, 4) is 0 Å². The molecule has 2 aliphatic heterocycles. The number of nitro groups is 1. The molecule has 1 aromatic heterocycles. The average Bonchev–Trinajstić information content (AvgIpc) is 2.79. The van der Waals surface area contributed by atoms with E-state index >= 15 is 0 Å². The lowest BCUT2D eigenvalue weighted by Crippen LogP contribution is -2.49. The van der Waals surface area contributed by atoms with Gasteiger partial charge in [-0.2, -0.15) is 0 Å². The molecular formula is C21H27N7O3. The molecule has 10 nitrogen and oxygen atoms in total. The summed E-state index contributed by atoms with van der Waals surface area (Å²) in [5, 5.41) is 11.0. The normalized spacial score (nSPS) is 17.7. The Morgan fingerprint density at radius 3 is 2.10 bits per heavy atom. The topological polar surface area (TPSA) is 99.0 Å². The maximum Gasteiger partial charge on any atom is 0.270 e. The van der Waals surface area contributed by atoms with Crippen LogP contribution >= 0.6 is 0 Å². The van der Waals surface area contributed by atoms with Gasteiger partial charge in [0.1, 0.15) is 17.5 Å². The van der Waals surface area contributed by atoms with Gasteiger partial charge in [-0.05, 0) is 20.0 Å². The number of benzene rings is 1. The minimum Gasteiger partial charge on any atom is -0.354 e. The van der Waals surface area contributed by atoms with Crippen LogP contribution in [0.25, 0.3) is 0 Å². The van der Waals surface area contributed by atoms with Crippen molar-refractivity contribution >= 4 is 23.2 Å². The molecule has 31 heavy (non-hydrogen) atoms. The first-order valence-electron chi connectivity index (χ1n) is 10.5. The van der Waals surface area contributed by atoms with E-state index in [4.69, 9.17) is 0 Å². The number of hydrogen-bond donors (Lipinski definition) is 0. The van der Waals surface area contributed by atoms with Gasteiger partial charge in [-0.25, -0.2) is 9.97 Å². The smallest absolute Gasteiger partial charge is 0.270 e. The number of carbonyl (C=O) groups is 1. The molecule has 2 aliphatic rings. The maximum atomic E-state index is 12.8. The van der Waals surface area contributed by atoms with Crippen molar-refractivity contribution in [2.75, 3.05) is 69.2 Å². The molecule has 2 saturated heterocycles. The standard InChI is InChI=1S/C21H27N7O3/c1-16-22-19(25-8-6-24(2)7-9-25)15-20(23-16)26-10-12-27(13-11-26)21(29)17-4-3-5-18(14-17)28(30)31/h3-5,14-15H,6-13H2,1-2H3. The summed E-state index contributed by atoms with van der Waals surface area (Å²) in [6, 6.07) is 7.94. The number of aromatic nitrogens is 2. The minimum absolute atomic E-state index is 0.0719. The van der Waals surface area contributed by atoms with Gasteiger partial charge in [0.2, 0.25) is 0 Å². The van der Waals surface area contributed by atoms with E-state index in [0.717, 1.165) is 43.6 Å². The van der Waals surface area contributed by atoms with Crippen LogP contribution in [0.1, 0.15) is 16.2 Å². The largest absolute Gasteiger partial charge is 0.354 e. The van der Waals surface area contributed by atoms with Crippen LogP contribution in [0.5, 0.6) is 0 Å². The van der Waals surface area contributed by atoms with Crippen molar-refractivity contribution in [1.29, 1.82) is 0 Å². The monoisotopic (exact) mass is 425 g/mol. The second-order valence-electron chi connectivity index (χ2n) is 8.01. The maximum absolute atomic E-state index is 12.8. The Balaban J connectivity index is 1.42. The minimum atomic E-state index is -0.482. The van der Waals surface area contributed by atoms with Crippen molar-refractivity contribution < 1.29 is 9.72 Å². The van der Waals surface area contributed by atoms with Crippen LogP contribution in [-0.2, 0) is 0 Å². The van der Waals surface area contributed by atoms with E-state index in [-0.39, 0.29) is 11.6 Å². The lowest BCUT2D eigenvalue weighted by atomic mass is 10.1. The van der Waals surface area contributed by atoms with Crippen LogP contribution in [0.15, 0.2) is 30.3 Å². The number of nitrogens with zero attached hydrogens (tertiary/aromatic N) is 7. The average molecular weight is 425 g/mol. The van der Waals surface area contributed by atoms with Gasteiger partial charge < -0.3 is 19.6 Å². The molecule has 0 unspecified atom stereocenters. The van der Waals surface area contributed by atoms with E-state index in [1.54, 1.807) is 17.0 Å². The Bertz CT molecular complexity index is 967. The molecule has 0 atom stereocenters. The van der Waals surface area contributed by atoms with E-state index in [1.807, 2.05) is 13.0 Å². The molecule has 0 saturated carbocycles. The number of carbonyl (C=O) groups excluding carboxylic acids is 1. The molecule has 2 aromatic rings. The summed E-state index contributed by atoms with van der Waals surface area (Å²) in [4.78, 5) is 41.1. The number of amides is 1. The molecule has 3 heterocycles. The molecule has 0 spiro atoms. The number of rotatable bonds is 4. The predicted molar refractivity (Wildman–Crippen MR) is 118 cm³/mol. The third-order valence-corrected chi connectivity index (χ3v) is 5.83. The third kappa shape index (κ3) is 4.74. The highest BCUT2D eigenvalue weighted by molar-refractivity contribution is 5.95. The van der Waals surface area contributed by atoms with E-state index in [9.17, 15) is 14.9 Å². The fourth-order valence-electron chi connectivity index (χ4n) is 3.97. The number of anilines is 2. The molecule has 1 aromatic carbocycles. The highest BCUT2D eigenvalue weighted by Crippen LogP contribution is 2.22. The van der Waals surface area contributed by atoms with Gasteiger partial charge in [0, 0.05) is 76.1 Å². The van der Waals surface area contributed by atoms with Crippen LogP contribution in [0.2, 0.25) is 0 Å². The van der Waals surface area contributed by atoms with E-state index in [2.05, 4.69) is 31.7 Å². The fourth-order valence-corrected chi connectivity index (χ4v) is 3.97. The summed E-state index contributed by atoms with van der Waals surface area (Å²) in [6.07, 6.45) is 0. The van der Waals surface area contributed by atoms with Crippen molar-refractivity contribution in [1.82, 2.24) is 19.8 Å². The molecule has 2 fully saturated rings. The number of hydrogen-bond acceptors (Lipinski definition) is 8. The lowest BCUT2D eigenvalue weighted by molar-refractivity contribution is -0.384. The number of nitro benzene ring substituents is 1. The molecule has 10 heteroatoms. The van der Waals surface area contributed by atoms with Gasteiger partial charge in [-0.1, -0.05) is 6.07 Å². The number of likely N-dealkylation sites (N-methyl/N-ethyl adjacent to an activating group) is 1. The van der Waals surface area contributed by atoms with Gasteiger partial charge in [0.05, 0.1) is 4.92 Å². The number of aryl methyl sites for hydroxylation is 1. The molecule has 1 amide bonds. The molecule has 0 aliphatic carbocycles. The molecule has 0 radical (unpaired) electrons. The molecular weight excluding hydrogens is 398 g/mol. The lowest BCUT2D eigenvalue weighted by Gasteiger charge is -2.36. The van der Waals surface area contributed by atoms with Crippen LogP contribution in [-0.4, -0.2) is 90.0 Å². The molecule has 0 N–H and O–H groups in total. The zero-order valence-corrected chi connectivity index (χ0v) is 17.9. The Morgan fingerprint density at radius 1 is 0.935 bits per heavy atom. The quantitative estimate of drug-likeness (QED) is 0.536. The zero-order chi connectivity index (χ0) is 22.0. The first kappa shape index (κ1) is 21.0. The summed E-state index contributed by atoms with van der Waals surface area (Å²) in [7, 11) is 2.13. The third-order valence-electron chi connectivity index (χ3n) is 5.83. The summed E-state index contributed by atoms with van der Waals surface area (Å²) in [5.41, 5.74) is 0.273. The summed E-state index contributed by atoms with van der Waals surface area (Å²) in [5.74, 6) is 2.39. The zero-order valence-electron chi connectivity index (χ0n) is 17.9. The Labute approximate surface area is 181 Å². The van der Waals surface area contributed by atoms with Gasteiger partial charge in [-0.3, -0.25) is 14.9 Å². The van der Waals surface area contributed by atoms with Gasteiger partial charge in [0.15, 0.2) is 0 Å². The second kappa shape index (κ2) is 8.84. The molecule has 0 bridgehead atoms. The highest BCUT2D eigenvalue weighted by Gasteiger charge is 2.25. The summed E-state index contributed by atoms with van der Waals surface area (Å²) >= 11 is 0. The van der Waals surface area contributed by atoms with Crippen molar-refractivity contribution in [3.05, 3.63) is 51.8 Å². The van der Waals surface area contributed by atoms with Crippen molar-refractivity contribution in [2.45, 2.75) is 6.92 Å². The Kier molecular flexibility index (Phi) is 5.99. The van der Waals surface area contributed by atoms with Gasteiger partial charge in [-0.15, -0.1) is 0 Å². The second-order valence-corrected chi connectivity index (χ2v) is 8.01. The first-order chi connectivity index (χ1) is 14.9. The van der Waals surface area contributed by atoms with E-state index in [0.29, 0.717) is 31.7 Å². The van der Waals surface area contributed by atoms with Gasteiger partial charge in [0.25, 0.3) is 11.6 Å². The fraction of sp³-hybridized carbons (Fsp3) is 0.476.